The molecule has 1 aromatic carbocycles. The molecular weight excluding hydrogens is 343 g/mol. The molecule has 9 heteroatoms. The Kier molecular flexibility index (Phi) is 4.08. The number of aliphatic hydroxyl groups is 1. The minimum Gasteiger partial charge on any atom is -0.376 e. The second-order valence-corrected chi connectivity index (χ2v) is 6.93. The number of carbonyl (C=O) groups excluding carboxylic acids is 1. The molecule has 2 aromatic rings. The zero-order chi connectivity index (χ0) is 17.5. The normalized spacial score (nSPS) is 22.0. The molecule has 1 amide bonds. The topological polar surface area (TPSA) is 78.0 Å². The van der Waals surface area contributed by atoms with E-state index in [-0.39, 0.29) is 11.5 Å². The van der Waals surface area contributed by atoms with Crippen LogP contribution in [0.1, 0.15) is 29.9 Å². The van der Waals surface area contributed by atoms with Crippen molar-refractivity contribution in [2.75, 3.05) is 5.32 Å². The molecule has 2 unspecified atom stereocenters. The van der Waals surface area contributed by atoms with Gasteiger partial charge >= 0.3 is 6.18 Å². The number of hydrogen-bond acceptors (Lipinski definition) is 4. The Labute approximate surface area is 139 Å². The lowest BCUT2D eigenvalue weighted by Crippen LogP contribution is -2.48. The van der Waals surface area contributed by atoms with E-state index in [1.54, 1.807) is 6.92 Å². The third-order valence-electron chi connectivity index (χ3n) is 3.81. The Morgan fingerprint density at radius 3 is 2.62 bits per heavy atom. The number of alkyl halides is 3. The van der Waals surface area contributed by atoms with Gasteiger partial charge in [-0.25, -0.2) is 0 Å². The number of anilines is 1. The Bertz CT molecular complexity index is 763. The van der Waals surface area contributed by atoms with Gasteiger partial charge in [0.15, 0.2) is 11.4 Å². The van der Waals surface area contributed by atoms with E-state index < -0.39 is 34.9 Å². The molecule has 1 aromatic heterocycles. The summed E-state index contributed by atoms with van der Waals surface area (Å²) < 4.78 is 40.3. The second-order valence-electron chi connectivity index (χ2n) is 5.52. The molecule has 24 heavy (non-hydrogen) atoms. The Morgan fingerprint density at radius 2 is 2.00 bits per heavy atom. The molecule has 128 valence electrons. The number of aromatic amines is 1. The summed E-state index contributed by atoms with van der Waals surface area (Å²) in [5.74, 6) is -1.20. The predicted molar refractivity (Wildman–Crippen MR) is 82.5 cm³/mol. The smallest absolute Gasteiger partial charge is 0.376 e. The number of amides is 1. The lowest BCUT2D eigenvalue weighted by atomic mass is 9.85. The van der Waals surface area contributed by atoms with Crippen LogP contribution in [0, 0.1) is 0 Å². The maximum Gasteiger partial charge on any atom is 0.422 e. The number of nitrogens with one attached hydrogen (secondary N) is 2. The van der Waals surface area contributed by atoms with E-state index in [0.29, 0.717) is 0 Å². The highest BCUT2D eigenvalue weighted by Gasteiger charge is 2.60. The standard InChI is InChI=1S/C15H14F3N3O2S/c1-8(24-9-5-3-2-4-6-9)12-11-13(21-20-12)19-10(22)7-14(11,23)15(16,17)18/h2-6,8,23H,7H2,1H3,(H2,19,20,21,22). The molecule has 0 spiro atoms. The number of nitrogens with zero attached hydrogens (tertiary/aromatic N) is 1. The number of hydrogen-bond donors (Lipinski definition) is 3. The van der Waals surface area contributed by atoms with Gasteiger partial charge in [0.2, 0.25) is 5.91 Å². The van der Waals surface area contributed by atoms with Crippen molar-refractivity contribution in [2.24, 2.45) is 0 Å². The highest BCUT2D eigenvalue weighted by Crippen LogP contribution is 2.50. The van der Waals surface area contributed by atoms with Crippen LogP contribution in [0.25, 0.3) is 0 Å². The lowest BCUT2D eigenvalue weighted by molar-refractivity contribution is -0.267. The molecule has 2 heterocycles. The van der Waals surface area contributed by atoms with Crippen molar-refractivity contribution in [3.63, 3.8) is 0 Å². The molecule has 0 saturated carbocycles. The van der Waals surface area contributed by atoms with Crippen molar-refractivity contribution in [2.45, 2.75) is 35.3 Å². The van der Waals surface area contributed by atoms with Crippen molar-refractivity contribution in [3.8, 4) is 0 Å². The molecule has 1 aliphatic heterocycles. The molecule has 1 aliphatic rings. The molecule has 0 radical (unpaired) electrons. The van der Waals surface area contributed by atoms with Gasteiger partial charge < -0.3 is 10.4 Å². The zero-order valence-corrected chi connectivity index (χ0v) is 13.3. The van der Waals surface area contributed by atoms with Crippen LogP contribution in [-0.4, -0.2) is 27.4 Å². The summed E-state index contributed by atoms with van der Waals surface area (Å²) in [5.41, 5.74) is -3.53. The fourth-order valence-electron chi connectivity index (χ4n) is 2.66. The van der Waals surface area contributed by atoms with E-state index in [1.807, 2.05) is 30.3 Å². The molecule has 2 atom stereocenters. The Balaban J connectivity index is 2.02. The number of thioether (sulfide) groups is 1. The molecule has 3 N–H and O–H groups in total. The molecule has 0 bridgehead atoms. The number of H-pyrrole nitrogens is 1. The minimum absolute atomic E-state index is 0.138. The molecule has 5 nitrogen and oxygen atoms in total. The van der Waals surface area contributed by atoms with Crippen molar-refractivity contribution in [1.82, 2.24) is 10.2 Å². The van der Waals surface area contributed by atoms with Crippen LogP contribution in [0.2, 0.25) is 0 Å². The Hall–Kier alpha value is -2.00. The van der Waals surface area contributed by atoms with E-state index in [1.165, 1.54) is 11.8 Å². The summed E-state index contributed by atoms with van der Waals surface area (Å²) in [6.07, 6.45) is -6.08. The summed E-state index contributed by atoms with van der Waals surface area (Å²) in [5, 5.41) is 18.4. The van der Waals surface area contributed by atoms with Crippen molar-refractivity contribution in [1.29, 1.82) is 0 Å². The summed E-state index contributed by atoms with van der Waals surface area (Å²) in [7, 11) is 0. The number of benzene rings is 1. The monoisotopic (exact) mass is 357 g/mol. The maximum atomic E-state index is 13.4. The third kappa shape index (κ3) is 2.78. The van der Waals surface area contributed by atoms with Gasteiger partial charge in [0.25, 0.3) is 0 Å². The van der Waals surface area contributed by atoms with Gasteiger partial charge in [-0.3, -0.25) is 9.89 Å². The van der Waals surface area contributed by atoms with Crippen LogP contribution in [0.4, 0.5) is 19.0 Å². The van der Waals surface area contributed by atoms with E-state index in [4.69, 9.17) is 0 Å². The first-order valence-electron chi connectivity index (χ1n) is 7.12. The van der Waals surface area contributed by atoms with Gasteiger partial charge in [0.05, 0.1) is 17.7 Å². The van der Waals surface area contributed by atoms with Crippen LogP contribution in [-0.2, 0) is 10.4 Å². The molecular formula is C15H14F3N3O2S. The fraction of sp³-hybridized carbons (Fsp3) is 0.333. The highest BCUT2D eigenvalue weighted by atomic mass is 32.2. The summed E-state index contributed by atoms with van der Waals surface area (Å²) >= 11 is 1.32. The molecule has 3 rings (SSSR count). The average molecular weight is 357 g/mol. The lowest BCUT2D eigenvalue weighted by Gasteiger charge is -2.34. The van der Waals surface area contributed by atoms with Crippen LogP contribution < -0.4 is 5.32 Å². The van der Waals surface area contributed by atoms with Crippen molar-refractivity contribution in [3.05, 3.63) is 41.6 Å². The van der Waals surface area contributed by atoms with Gasteiger partial charge in [-0.05, 0) is 19.1 Å². The van der Waals surface area contributed by atoms with Crippen molar-refractivity contribution < 1.29 is 23.1 Å². The van der Waals surface area contributed by atoms with Gasteiger partial charge in [0, 0.05) is 10.1 Å². The molecule has 0 fully saturated rings. The largest absolute Gasteiger partial charge is 0.422 e. The summed E-state index contributed by atoms with van der Waals surface area (Å²) in [6, 6.07) is 9.15. The highest BCUT2D eigenvalue weighted by molar-refractivity contribution is 7.99. The fourth-order valence-corrected chi connectivity index (χ4v) is 3.67. The van der Waals surface area contributed by atoms with Crippen LogP contribution in [0.3, 0.4) is 0 Å². The maximum absolute atomic E-state index is 13.4. The van der Waals surface area contributed by atoms with Gasteiger partial charge in [-0.1, -0.05) is 18.2 Å². The molecule has 0 saturated heterocycles. The number of fused-ring (bicyclic) bond motifs is 1. The van der Waals surface area contributed by atoms with E-state index in [0.717, 1.165) is 4.90 Å². The number of halogens is 3. The second kappa shape index (κ2) is 5.82. The first-order valence-corrected chi connectivity index (χ1v) is 8.00. The predicted octanol–water partition coefficient (Wildman–Crippen LogP) is 3.36. The van der Waals surface area contributed by atoms with Gasteiger partial charge in [0.1, 0.15) is 0 Å². The van der Waals surface area contributed by atoms with Crippen LogP contribution in [0.15, 0.2) is 35.2 Å². The van der Waals surface area contributed by atoms with Crippen LogP contribution in [0.5, 0.6) is 0 Å². The minimum atomic E-state index is -4.99. The first-order chi connectivity index (χ1) is 11.2. The van der Waals surface area contributed by atoms with Gasteiger partial charge in [-0.15, -0.1) is 11.8 Å². The SMILES string of the molecule is CC(Sc1ccccc1)c1[nH]nc2c1C(O)(C(F)(F)F)CC(=O)N2. The number of rotatable bonds is 3. The van der Waals surface area contributed by atoms with Crippen LogP contribution >= 0.6 is 11.8 Å². The van der Waals surface area contributed by atoms with E-state index in [9.17, 15) is 23.1 Å². The first kappa shape index (κ1) is 16.8. The quantitative estimate of drug-likeness (QED) is 0.736. The Morgan fingerprint density at radius 1 is 1.33 bits per heavy atom. The third-order valence-corrected chi connectivity index (χ3v) is 4.95. The van der Waals surface area contributed by atoms with Gasteiger partial charge in [-0.2, -0.15) is 18.3 Å². The van der Waals surface area contributed by atoms with E-state index >= 15 is 0 Å². The molecule has 0 aliphatic carbocycles. The average Bonchev–Trinajstić information content (AvgIpc) is 2.91. The van der Waals surface area contributed by atoms with E-state index in [2.05, 4.69) is 15.5 Å². The number of carbonyl (C=O) groups is 1. The van der Waals surface area contributed by atoms with Crippen molar-refractivity contribution >= 4 is 23.5 Å². The summed E-state index contributed by atoms with van der Waals surface area (Å²) in [4.78, 5) is 12.4. The number of aromatic nitrogens is 2. The zero-order valence-electron chi connectivity index (χ0n) is 12.5. The summed E-state index contributed by atoms with van der Waals surface area (Å²) in [6.45, 7) is 1.71.